The third kappa shape index (κ3) is 12.5. The molecule has 0 radical (unpaired) electrons. The van der Waals surface area contributed by atoms with Crippen LogP contribution in [0.4, 0.5) is 4.79 Å². The fourth-order valence-electron chi connectivity index (χ4n) is 6.06. The van der Waals surface area contributed by atoms with E-state index >= 15 is 0 Å². The fourth-order valence-corrected chi connectivity index (χ4v) is 7.16. The van der Waals surface area contributed by atoms with E-state index in [2.05, 4.69) is 30.6 Å². The van der Waals surface area contributed by atoms with Gasteiger partial charge in [-0.3, -0.25) is 19.6 Å². The summed E-state index contributed by atoms with van der Waals surface area (Å²) in [5.74, 6) is 0.215. The van der Waals surface area contributed by atoms with Crippen molar-refractivity contribution < 1.29 is 33.2 Å². The van der Waals surface area contributed by atoms with Crippen LogP contribution >= 0.6 is 46.4 Å². The minimum Gasteiger partial charge on any atom is -0.476 e. The van der Waals surface area contributed by atoms with Crippen molar-refractivity contribution in [2.24, 2.45) is 0 Å². The van der Waals surface area contributed by atoms with E-state index in [4.69, 9.17) is 85.3 Å². The Bertz CT molecular complexity index is 3030. The molecule has 2 N–H and O–H groups in total. The van der Waals surface area contributed by atoms with Gasteiger partial charge < -0.3 is 28.4 Å². The average molecular weight is 1040 g/mol. The van der Waals surface area contributed by atoms with Gasteiger partial charge in [0.25, 0.3) is 11.1 Å². The summed E-state index contributed by atoms with van der Waals surface area (Å²) in [4.78, 5) is 64.9. The lowest BCUT2D eigenvalue weighted by Crippen LogP contribution is -2.33. The third-order valence-electron chi connectivity index (χ3n) is 9.63. The maximum absolute atomic E-state index is 12.7. The summed E-state index contributed by atoms with van der Waals surface area (Å²) in [7, 11) is 0. The Hall–Kier alpha value is -7.57. The zero-order chi connectivity index (χ0) is 51.0. The molecule has 0 aliphatic heterocycles. The summed E-state index contributed by atoms with van der Waals surface area (Å²) >= 11 is 25.8. The number of aromatic amines is 2. The molecular weight excluding hydrogens is 1000 g/mol. The molecule has 6 rings (SSSR count). The first-order valence-electron chi connectivity index (χ1n) is 20.8. The highest BCUT2D eigenvalue weighted by molar-refractivity contribution is 6.38. The van der Waals surface area contributed by atoms with Gasteiger partial charge in [-0.2, -0.15) is 19.9 Å². The van der Waals surface area contributed by atoms with Crippen LogP contribution in [0.3, 0.4) is 0 Å². The highest BCUT2D eigenvalue weighted by Crippen LogP contribution is 2.40. The number of ether oxygens (including phenoxy) is 6. The van der Waals surface area contributed by atoms with E-state index < -0.39 is 52.2 Å². The predicted molar refractivity (Wildman–Crippen MR) is 249 cm³/mol. The van der Waals surface area contributed by atoms with Crippen LogP contribution in [0.1, 0.15) is 88.7 Å². The van der Waals surface area contributed by atoms with Crippen LogP contribution in [0.15, 0.2) is 55.6 Å². The maximum atomic E-state index is 12.7. The molecule has 70 heavy (non-hydrogen) atoms. The average Bonchev–Trinajstić information content (AvgIpc) is 3.29. The monoisotopic (exact) mass is 1040 g/mol. The summed E-state index contributed by atoms with van der Waals surface area (Å²) in [6, 6.07) is 11.6. The van der Waals surface area contributed by atoms with Crippen molar-refractivity contribution in [1.82, 2.24) is 49.9 Å². The van der Waals surface area contributed by atoms with Gasteiger partial charge >= 0.3 is 17.5 Å². The molecule has 2 unspecified atom stereocenters. The highest BCUT2D eigenvalue weighted by Gasteiger charge is 2.22. The van der Waals surface area contributed by atoms with Crippen LogP contribution in [0.25, 0.3) is 11.4 Å². The van der Waals surface area contributed by atoms with Crippen molar-refractivity contribution in [3.05, 3.63) is 121 Å². The van der Waals surface area contributed by atoms with Crippen molar-refractivity contribution in [3.63, 3.8) is 0 Å². The summed E-state index contributed by atoms with van der Waals surface area (Å²) in [5, 5.41) is 42.2. The lowest BCUT2D eigenvalue weighted by atomic mass is 10.1. The molecule has 2 atom stereocenters. The maximum Gasteiger partial charge on any atom is 0.508 e. The van der Waals surface area contributed by atoms with E-state index in [1.165, 1.54) is 24.3 Å². The first-order valence-corrected chi connectivity index (χ1v) is 22.3. The number of nitrogens with zero attached hydrogens (tertiary/aromatic N) is 10. The van der Waals surface area contributed by atoms with Crippen molar-refractivity contribution >= 4 is 52.6 Å². The smallest absolute Gasteiger partial charge is 0.476 e. The van der Waals surface area contributed by atoms with Gasteiger partial charge in [-0.05, 0) is 49.9 Å². The minimum absolute atomic E-state index is 0.0155. The van der Waals surface area contributed by atoms with Crippen LogP contribution in [-0.4, -0.2) is 81.5 Å². The van der Waals surface area contributed by atoms with Crippen LogP contribution in [0, 0.1) is 22.7 Å². The number of carbonyl (C=O) groups is 1. The molecule has 0 saturated heterocycles. The summed E-state index contributed by atoms with van der Waals surface area (Å²) < 4.78 is 36.0. The number of halogens is 4. The zero-order valence-electron chi connectivity index (χ0n) is 37.6. The van der Waals surface area contributed by atoms with Crippen LogP contribution in [0.2, 0.25) is 20.1 Å². The Morgan fingerprint density at radius 1 is 0.600 bits per heavy atom. The second-order valence-corrected chi connectivity index (χ2v) is 17.1. The van der Waals surface area contributed by atoms with Gasteiger partial charge in [0.15, 0.2) is 11.5 Å². The van der Waals surface area contributed by atoms with E-state index in [1.54, 1.807) is 38.1 Å². The fraction of sp³-hybridized carbons (Fsp3) is 0.326. The van der Waals surface area contributed by atoms with Gasteiger partial charge in [0, 0.05) is 36.1 Å². The number of rotatable bonds is 18. The lowest BCUT2D eigenvalue weighted by molar-refractivity contribution is -0.00184. The minimum atomic E-state index is -0.942. The molecule has 0 bridgehead atoms. The standard InChI is InChI=1S/C43H38Cl4N12O11/c1-19(2)25-15-33(69-35-27(44)11-23(12-28(35)45)58-41(62)50-37(60)31(17-48)56-58)52-54-39(25)65-9-7-21(5)67-43(64)68-22(6)8-10-66-40-26(20(3)4)16-34(53-55-40)70-36-29(46)13-24(14-30(36)47)59-42(63)51-38(61)32(18-49)57-59/h11-16,19-22H,7-10H2,1-6H3,(H,50,60,62)(H,51,61,63). The SMILES string of the molecule is CC(CCOc1nnc(Oc2c(Cl)cc(-n3nc(C#N)c(=O)[nH]c3=O)cc2Cl)cc1C(C)C)OC(=O)OC(C)CCOc1nnc(Oc2c(Cl)cc(-n3nc(C#N)c(=O)[nH]c3=O)cc2Cl)cc1C(C)C. The van der Waals surface area contributed by atoms with Gasteiger partial charge in [-0.15, -0.1) is 30.6 Å². The second kappa shape index (κ2) is 22.7. The number of carbonyl (C=O) groups excluding carboxylic acids is 1. The van der Waals surface area contributed by atoms with E-state index in [1.807, 2.05) is 37.7 Å². The van der Waals surface area contributed by atoms with E-state index in [0.29, 0.717) is 11.1 Å². The van der Waals surface area contributed by atoms with Crippen molar-refractivity contribution in [2.45, 2.75) is 78.4 Å². The van der Waals surface area contributed by atoms with Crippen molar-refractivity contribution in [2.75, 3.05) is 13.2 Å². The van der Waals surface area contributed by atoms with E-state index in [9.17, 15) is 24.0 Å². The van der Waals surface area contributed by atoms with Gasteiger partial charge in [-0.25, -0.2) is 14.4 Å². The summed E-state index contributed by atoms with van der Waals surface area (Å²) in [6.07, 6.45) is -1.59. The molecule has 0 aliphatic rings. The van der Waals surface area contributed by atoms with Gasteiger partial charge in [0.1, 0.15) is 24.3 Å². The van der Waals surface area contributed by atoms with Crippen LogP contribution in [0.5, 0.6) is 35.0 Å². The molecule has 23 nitrogen and oxygen atoms in total. The van der Waals surface area contributed by atoms with Crippen LogP contribution in [-0.2, 0) is 9.47 Å². The molecule has 0 amide bonds. The summed E-state index contributed by atoms with van der Waals surface area (Å²) in [6.45, 7) is 11.1. The molecule has 27 heteroatoms. The molecule has 6 aromatic rings. The Morgan fingerprint density at radius 3 is 1.29 bits per heavy atom. The molecule has 0 saturated carbocycles. The first kappa shape index (κ1) is 51.8. The third-order valence-corrected chi connectivity index (χ3v) is 10.8. The zero-order valence-corrected chi connectivity index (χ0v) is 40.6. The number of nitriles is 2. The number of aromatic nitrogens is 10. The molecule has 0 fully saturated rings. The van der Waals surface area contributed by atoms with Crippen LogP contribution < -0.4 is 41.4 Å². The predicted octanol–water partition coefficient (Wildman–Crippen LogP) is 7.09. The van der Waals surface area contributed by atoms with Crippen molar-refractivity contribution in [3.8, 4) is 58.5 Å². The molecule has 4 heterocycles. The van der Waals surface area contributed by atoms with Gasteiger partial charge in [0.2, 0.25) is 34.9 Å². The number of hydrogen-bond acceptors (Lipinski definition) is 19. The second-order valence-electron chi connectivity index (χ2n) is 15.5. The Morgan fingerprint density at radius 2 is 0.957 bits per heavy atom. The Labute approximate surface area is 415 Å². The quantitative estimate of drug-likeness (QED) is 0.0811. The van der Waals surface area contributed by atoms with Gasteiger partial charge in [0.05, 0.1) is 44.7 Å². The molecule has 2 aromatic carbocycles. The van der Waals surface area contributed by atoms with Crippen molar-refractivity contribution in [1.29, 1.82) is 10.5 Å². The van der Waals surface area contributed by atoms with E-state index in [0.717, 1.165) is 9.36 Å². The molecular formula is C43H38Cl4N12O11. The molecule has 4 aromatic heterocycles. The largest absolute Gasteiger partial charge is 0.508 e. The molecule has 0 aliphatic carbocycles. The highest BCUT2D eigenvalue weighted by atomic mass is 35.5. The number of H-pyrrole nitrogens is 2. The number of benzene rings is 2. The number of hydrogen-bond donors (Lipinski definition) is 2. The Kier molecular flexibility index (Phi) is 16.8. The molecule has 364 valence electrons. The lowest BCUT2D eigenvalue weighted by Gasteiger charge is -2.18. The Balaban J connectivity index is 0.977. The molecule has 0 spiro atoms. The first-order chi connectivity index (χ1) is 33.3. The normalized spacial score (nSPS) is 11.9. The number of nitrogens with one attached hydrogen (secondary N) is 2. The van der Waals surface area contributed by atoms with Gasteiger partial charge in [-0.1, -0.05) is 74.1 Å². The topological polar surface area (TPSA) is 307 Å². The van der Waals surface area contributed by atoms with E-state index in [-0.39, 0.29) is 104 Å². The summed E-state index contributed by atoms with van der Waals surface area (Å²) in [5.41, 5.74) is -3.44.